The molecule has 2 aromatic carbocycles. The van der Waals surface area contributed by atoms with Crippen molar-refractivity contribution in [3.8, 4) is 22.5 Å². The Kier molecular flexibility index (Phi) is 2.29. The third-order valence-electron chi connectivity index (χ3n) is 3.44. The van der Waals surface area contributed by atoms with Crippen LogP contribution in [0.2, 0.25) is 0 Å². The van der Waals surface area contributed by atoms with Crippen molar-refractivity contribution in [1.29, 1.82) is 0 Å². The minimum atomic E-state index is 1.08. The van der Waals surface area contributed by atoms with Crippen LogP contribution in [0.5, 0.6) is 0 Å². The van der Waals surface area contributed by atoms with Gasteiger partial charge in [-0.1, -0.05) is 48.2 Å². The average Bonchev–Trinajstić information content (AvgIpc) is 2.75. The zero-order valence-corrected chi connectivity index (χ0v) is 11.3. The van der Waals surface area contributed by atoms with Crippen LogP contribution in [0.1, 0.15) is 0 Å². The molecule has 4 rings (SSSR count). The molecule has 3 aromatic rings. The molecule has 2 nitrogen and oxygen atoms in total. The molecule has 0 spiro atoms. The minimum absolute atomic E-state index is 1.08. The third kappa shape index (κ3) is 1.55. The van der Waals surface area contributed by atoms with Gasteiger partial charge < -0.3 is 4.57 Å². The summed E-state index contributed by atoms with van der Waals surface area (Å²) in [5, 5.41) is 0. The minimum Gasteiger partial charge on any atom is -0.333 e. The molecular weight excluding hydrogens is 252 g/mol. The molecule has 0 saturated heterocycles. The topological polar surface area (TPSA) is 17.8 Å². The van der Waals surface area contributed by atoms with Crippen molar-refractivity contribution < 1.29 is 0 Å². The first-order valence-corrected chi connectivity index (χ1v) is 7.04. The van der Waals surface area contributed by atoms with Crippen molar-refractivity contribution in [3.05, 3.63) is 54.9 Å². The normalized spacial score (nSPS) is 12.3. The number of aromatic nitrogens is 2. The quantitative estimate of drug-likeness (QED) is 0.473. The van der Waals surface area contributed by atoms with Crippen molar-refractivity contribution in [3.63, 3.8) is 0 Å². The summed E-state index contributed by atoms with van der Waals surface area (Å²) in [4.78, 5) is 7.17. The first-order valence-electron chi connectivity index (χ1n) is 6.22. The Morgan fingerprint density at radius 1 is 0.895 bits per heavy atom. The molecule has 1 aliphatic rings. The summed E-state index contributed by atoms with van der Waals surface area (Å²) in [6.45, 7) is 0. The van der Waals surface area contributed by atoms with Crippen LogP contribution in [0, 0.1) is 0 Å². The van der Waals surface area contributed by atoms with Crippen LogP contribution in [0.15, 0.2) is 64.6 Å². The van der Waals surface area contributed by atoms with Gasteiger partial charge in [-0.3, -0.25) is 0 Å². The van der Waals surface area contributed by atoms with Crippen LogP contribution in [-0.2, 0) is 7.05 Å². The maximum absolute atomic E-state index is 4.61. The van der Waals surface area contributed by atoms with E-state index in [0.29, 0.717) is 0 Å². The Bertz CT molecular complexity index is 774. The van der Waals surface area contributed by atoms with Crippen LogP contribution in [0.25, 0.3) is 22.5 Å². The number of hydrogen-bond donors (Lipinski definition) is 0. The first kappa shape index (κ1) is 10.9. The molecule has 0 radical (unpaired) electrons. The fraction of sp³-hybridized carbons (Fsp3) is 0.0625. The number of imidazole rings is 1. The van der Waals surface area contributed by atoms with Gasteiger partial charge in [-0.25, -0.2) is 4.98 Å². The standard InChI is InChI=1S/C16H12N2S/c1-18-10-17-15-11-6-2-4-8-13(11)19-14-9-5-3-7-12(14)16(15)18/h2-10H,1H3. The summed E-state index contributed by atoms with van der Waals surface area (Å²) < 4.78 is 2.11. The van der Waals surface area contributed by atoms with Crippen LogP contribution < -0.4 is 0 Å². The van der Waals surface area contributed by atoms with Crippen LogP contribution in [0.3, 0.4) is 0 Å². The molecule has 0 N–H and O–H groups in total. The molecule has 3 heteroatoms. The molecule has 0 saturated carbocycles. The fourth-order valence-electron chi connectivity index (χ4n) is 2.57. The molecular formula is C16H12N2S. The molecule has 19 heavy (non-hydrogen) atoms. The largest absolute Gasteiger partial charge is 0.333 e. The van der Waals surface area contributed by atoms with E-state index in [4.69, 9.17) is 0 Å². The monoisotopic (exact) mass is 264 g/mol. The molecule has 0 fully saturated rings. The molecule has 1 aromatic heterocycles. The Labute approximate surface area is 116 Å². The SMILES string of the molecule is Cn1cnc2c1-c1ccccc1Sc1ccccc1-2. The highest BCUT2D eigenvalue weighted by Crippen LogP contribution is 2.46. The average molecular weight is 264 g/mol. The summed E-state index contributed by atoms with van der Waals surface area (Å²) in [6, 6.07) is 17.0. The number of nitrogens with zero attached hydrogens (tertiary/aromatic N) is 2. The smallest absolute Gasteiger partial charge is 0.0974 e. The van der Waals surface area contributed by atoms with Gasteiger partial charge in [0.05, 0.1) is 17.7 Å². The van der Waals surface area contributed by atoms with Crippen molar-refractivity contribution >= 4 is 11.8 Å². The van der Waals surface area contributed by atoms with E-state index in [1.165, 1.54) is 26.6 Å². The molecule has 2 heterocycles. The molecule has 0 atom stereocenters. The number of rotatable bonds is 0. The zero-order chi connectivity index (χ0) is 12.8. The van der Waals surface area contributed by atoms with Crippen molar-refractivity contribution in [2.75, 3.05) is 0 Å². The van der Waals surface area contributed by atoms with Gasteiger partial charge in [-0.05, 0) is 12.1 Å². The fourth-order valence-corrected chi connectivity index (χ4v) is 3.65. The summed E-state index contributed by atoms with van der Waals surface area (Å²) in [7, 11) is 2.06. The summed E-state index contributed by atoms with van der Waals surface area (Å²) in [6.07, 6.45) is 1.90. The highest BCUT2D eigenvalue weighted by atomic mass is 32.2. The molecule has 1 aliphatic heterocycles. The van der Waals surface area contributed by atoms with Crippen molar-refractivity contribution in [1.82, 2.24) is 9.55 Å². The predicted octanol–water partition coefficient (Wildman–Crippen LogP) is 4.22. The summed E-state index contributed by atoms with van der Waals surface area (Å²) >= 11 is 1.82. The van der Waals surface area contributed by atoms with Gasteiger partial charge in [-0.2, -0.15) is 0 Å². The Morgan fingerprint density at radius 2 is 1.53 bits per heavy atom. The zero-order valence-electron chi connectivity index (χ0n) is 10.5. The maximum Gasteiger partial charge on any atom is 0.0974 e. The number of aryl methyl sites for hydroxylation is 1. The first-order chi connectivity index (χ1) is 9.34. The lowest BCUT2D eigenvalue weighted by Crippen LogP contribution is -1.91. The second-order valence-corrected chi connectivity index (χ2v) is 5.73. The highest BCUT2D eigenvalue weighted by molar-refractivity contribution is 7.99. The summed E-state index contributed by atoms with van der Waals surface area (Å²) in [5.41, 5.74) is 4.77. The number of hydrogen-bond acceptors (Lipinski definition) is 2. The van der Waals surface area contributed by atoms with Gasteiger partial charge in [0.1, 0.15) is 0 Å². The van der Waals surface area contributed by atoms with Gasteiger partial charge in [0.15, 0.2) is 0 Å². The van der Waals surface area contributed by atoms with E-state index < -0.39 is 0 Å². The lowest BCUT2D eigenvalue weighted by atomic mass is 10.1. The predicted molar refractivity (Wildman–Crippen MR) is 78.2 cm³/mol. The van der Waals surface area contributed by atoms with Crippen molar-refractivity contribution in [2.45, 2.75) is 9.79 Å². The van der Waals surface area contributed by atoms with Gasteiger partial charge in [0, 0.05) is 28.0 Å². The van der Waals surface area contributed by atoms with E-state index in [1.807, 2.05) is 18.1 Å². The van der Waals surface area contributed by atoms with Gasteiger partial charge >= 0.3 is 0 Å². The Morgan fingerprint density at radius 3 is 2.32 bits per heavy atom. The van der Waals surface area contributed by atoms with Gasteiger partial charge in [0.2, 0.25) is 0 Å². The lowest BCUT2D eigenvalue weighted by molar-refractivity contribution is 0.919. The van der Waals surface area contributed by atoms with Gasteiger partial charge in [-0.15, -0.1) is 0 Å². The highest BCUT2D eigenvalue weighted by Gasteiger charge is 2.22. The van der Waals surface area contributed by atoms with Crippen LogP contribution in [0.4, 0.5) is 0 Å². The van der Waals surface area contributed by atoms with E-state index in [-0.39, 0.29) is 0 Å². The second-order valence-electron chi connectivity index (χ2n) is 4.65. The second kappa shape index (κ2) is 4.00. The molecule has 0 bridgehead atoms. The molecule has 0 aliphatic carbocycles. The number of benzene rings is 2. The van der Waals surface area contributed by atoms with E-state index in [1.54, 1.807) is 0 Å². The van der Waals surface area contributed by atoms with Crippen molar-refractivity contribution in [2.24, 2.45) is 7.05 Å². The summed E-state index contributed by atoms with van der Waals surface area (Å²) in [5.74, 6) is 0. The van der Waals surface area contributed by atoms with E-state index >= 15 is 0 Å². The van der Waals surface area contributed by atoms with E-state index in [2.05, 4.69) is 65.1 Å². The van der Waals surface area contributed by atoms with E-state index in [0.717, 1.165) is 5.69 Å². The Balaban J connectivity index is 2.14. The maximum atomic E-state index is 4.61. The molecule has 92 valence electrons. The third-order valence-corrected chi connectivity index (χ3v) is 4.59. The Hall–Kier alpha value is -2.00. The van der Waals surface area contributed by atoms with Gasteiger partial charge in [0.25, 0.3) is 0 Å². The van der Waals surface area contributed by atoms with Crippen LogP contribution >= 0.6 is 11.8 Å². The van der Waals surface area contributed by atoms with E-state index in [9.17, 15) is 0 Å². The van der Waals surface area contributed by atoms with Crippen LogP contribution in [-0.4, -0.2) is 9.55 Å². The molecule has 0 amide bonds. The molecule has 0 unspecified atom stereocenters. The number of fused-ring (bicyclic) bond motifs is 5. The lowest BCUT2D eigenvalue weighted by Gasteiger charge is -2.07.